The van der Waals surface area contributed by atoms with E-state index in [1.54, 1.807) is 27.7 Å². The second kappa shape index (κ2) is 8.53. The second-order valence-electron chi connectivity index (χ2n) is 4.96. The number of amides is 1. The van der Waals surface area contributed by atoms with E-state index in [9.17, 15) is 9.59 Å². The summed E-state index contributed by atoms with van der Waals surface area (Å²) in [5, 5.41) is 2.55. The summed E-state index contributed by atoms with van der Waals surface area (Å²) in [6, 6.07) is 0. The maximum Gasteiger partial charge on any atom is 0.407 e. The lowest BCUT2D eigenvalue weighted by Crippen LogP contribution is -2.34. The van der Waals surface area contributed by atoms with Crippen molar-refractivity contribution >= 4 is 12.1 Å². The first-order chi connectivity index (χ1) is 8.72. The van der Waals surface area contributed by atoms with Gasteiger partial charge in [-0.2, -0.15) is 0 Å². The van der Waals surface area contributed by atoms with Crippen molar-refractivity contribution in [1.82, 2.24) is 5.32 Å². The van der Waals surface area contributed by atoms with Crippen molar-refractivity contribution in [3.63, 3.8) is 0 Å². The molecule has 0 aromatic rings. The first-order valence-corrected chi connectivity index (χ1v) is 6.09. The largest absolute Gasteiger partial charge is 0.460 e. The number of carbonyl (C=O) groups excluding carboxylic acids is 2. The van der Waals surface area contributed by atoms with Gasteiger partial charge in [0.1, 0.15) is 12.2 Å². The van der Waals surface area contributed by atoms with Crippen molar-refractivity contribution in [2.45, 2.75) is 33.3 Å². The first-order valence-electron chi connectivity index (χ1n) is 6.09. The molecule has 0 atom stereocenters. The van der Waals surface area contributed by atoms with Crippen molar-refractivity contribution in [1.29, 1.82) is 0 Å². The average Bonchev–Trinajstić information content (AvgIpc) is 2.24. The molecule has 19 heavy (non-hydrogen) atoms. The van der Waals surface area contributed by atoms with Crippen LogP contribution in [0.15, 0.2) is 12.2 Å². The topological polar surface area (TPSA) is 73.9 Å². The van der Waals surface area contributed by atoms with E-state index in [1.807, 2.05) is 0 Å². The van der Waals surface area contributed by atoms with E-state index in [1.165, 1.54) is 0 Å². The Bertz CT molecular complexity index is 319. The summed E-state index contributed by atoms with van der Waals surface area (Å²) < 4.78 is 15.0. The molecule has 0 aliphatic heterocycles. The Kier molecular flexibility index (Phi) is 7.83. The van der Waals surface area contributed by atoms with Crippen LogP contribution in [0.25, 0.3) is 0 Å². The van der Waals surface area contributed by atoms with Gasteiger partial charge in [0.2, 0.25) is 0 Å². The number of nitrogens with one attached hydrogen (secondary N) is 1. The Morgan fingerprint density at radius 1 is 1.16 bits per heavy atom. The SMILES string of the molecule is C=C(C)C(=O)OCCOCCNC(=O)OC(C)(C)C. The Morgan fingerprint density at radius 2 is 1.79 bits per heavy atom. The molecule has 0 bridgehead atoms. The van der Waals surface area contributed by atoms with Crippen LogP contribution in [0.5, 0.6) is 0 Å². The van der Waals surface area contributed by atoms with Crippen LogP contribution in [0.3, 0.4) is 0 Å². The standard InChI is InChI=1S/C13H23NO5/c1-10(2)11(15)18-9-8-17-7-6-14-12(16)19-13(3,4)5/h1,6-9H2,2-5H3,(H,14,16). The molecule has 0 aromatic heterocycles. The summed E-state index contributed by atoms with van der Waals surface area (Å²) in [6.07, 6.45) is -0.482. The van der Waals surface area contributed by atoms with E-state index >= 15 is 0 Å². The number of alkyl carbamates (subject to hydrolysis) is 1. The molecule has 110 valence electrons. The maximum atomic E-state index is 11.2. The van der Waals surface area contributed by atoms with Crippen molar-refractivity contribution in [3.05, 3.63) is 12.2 Å². The highest BCUT2D eigenvalue weighted by atomic mass is 16.6. The maximum absolute atomic E-state index is 11.2. The minimum absolute atomic E-state index is 0.165. The van der Waals surface area contributed by atoms with Crippen molar-refractivity contribution in [2.75, 3.05) is 26.4 Å². The Hall–Kier alpha value is -1.56. The highest BCUT2D eigenvalue weighted by molar-refractivity contribution is 5.86. The zero-order valence-corrected chi connectivity index (χ0v) is 12.1. The lowest BCUT2D eigenvalue weighted by Gasteiger charge is -2.19. The molecule has 0 rings (SSSR count). The number of carbonyl (C=O) groups is 2. The van der Waals surface area contributed by atoms with Gasteiger partial charge in [0.25, 0.3) is 0 Å². The van der Waals surface area contributed by atoms with Gasteiger partial charge in [-0.05, 0) is 27.7 Å². The third-order valence-electron chi connectivity index (χ3n) is 1.72. The van der Waals surface area contributed by atoms with Gasteiger partial charge < -0.3 is 19.5 Å². The number of esters is 1. The Balaban J connectivity index is 3.44. The van der Waals surface area contributed by atoms with Crippen LogP contribution in [0.1, 0.15) is 27.7 Å². The quantitative estimate of drug-likeness (QED) is 0.434. The van der Waals surface area contributed by atoms with Crippen molar-refractivity contribution < 1.29 is 23.8 Å². The van der Waals surface area contributed by atoms with Crippen LogP contribution >= 0.6 is 0 Å². The smallest absolute Gasteiger partial charge is 0.407 e. The van der Waals surface area contributed by atoms with Gasteiger partial charge in [0.05, 0.1) is 13.2 Å². The molecule has 6 nitrogen and oxygen atoms in total. The minimum atomic E-state index is -0.512. The van der Waals surface area contributed by atoms with Crippen LogP contribution < -0.4 is 5.32 Å². The van der Waals surface area contributed by atoms with Crippen molar-refractivity contribution in [2.24, 2.45) is 0 Å². The molecule has 0 saturated heterocycles. The molecule has 0 radical (unpaired) electrons. The number of rotatable bonds is 7. The normalized spacial score (nSPS) is 10.7. The van der Waals surface area contributed by atoms with Gasteiger partial charge in [0.15, 0.2) is 0 Å². The van der Waals surface area contributed by atoms with E-state index < -0.39 is 17.7 Å². The molecule has 1 amide bonds. The third-order valence-corrected chi connectivity index (χ3v) is 1.72. The summed E-state index contributed by atoms with van der Waals surface area (Å²) >= 11 is 0. The molecule has 0 aliphatic carbocycles. The van der Waals surface area contributed by atoms with E-state index in [2.05, 4.69) is 11.9 Å². The highest BCUT2D eigenvalue weighted by Gasteiger charge is 2.15. The van der Waals surface area contributed by atoms with Gasteiger partial charge in [-0.1, -0.05) is 6.58 Å². The van der Waals surface area contributed by atoms with Gasteiger partial charge >= 0.3 is 12.1 Å². The molecule has 1 N–H and O–H groups in total. The number of hydrogen-bond acceptors (Lipinski definition) is 5. The molecule has 0 saturated carbocycles. The zero-order valence-electron chi connectivity index (χ0n) is 12.1. The minimum Gasteiger partial charge on any atom is -0.460 e. The third kappa shape index (κ3) is 11.3. The number of ether oxygens (including phenoxy) is 3. The van der Waals surface area contributed by atoms with E-state index in [4.69, 9.17) is 14.2 Å². The molecular weight excluding hydrogens is 250 g/mol. The molecular formula is C13H23NO5. The molecule has 0 aromatic carbocycles. The second-order valence-corrected chi connectivity index (χ2v) is 4.96. The fourth-order valence-corrected chi connectivity index (χ4v) is 0.958. The van der Waals surface area contributed by atoms with E-state index in [0.29, 0.717) is 18.7 Å². The van der Waals surface area contributed by atoms with Crippen LogP contribution in [-0.4, -0.2) is 44.0 Å². The van der Waals surface area contributed by atoms with Crippen LogP contribution in [0.2, 0.25) is 0 Å². The first kappa shape index (κ1) is 17.4. The van der Waals surface area contributed by atoms with Crippen LogP contribution in [-0.2, 0) is 19.0 Å². The van der Waals surface area contributed by atoms with Gasteiger partial charge in [-0.15, -0.1) is 0 Å². The molecule has 6 heteroatoms. The molecule has 0 fully saturated rings. The summed E-state index contributed by atoms with van der Waals surface area (Å²) in [6.45, 7) is 11.5. The fourth-order valence-electron chi connectivity index (χ4n) is 0.958. The average molecular weight is 273 g/mol. The van der Waals surface area contributed by atoms with Crippen LogP contribution in [0, 0.1) is 0 Å². The van der Waals surface area contributed by atoms with Crippen molar-refractivity contribution in [3.8, 4) is 0 Å². The summed E-state index contributed by atoms with van der Waals surface area (Å²) in [4.78, 5) is 22.2. The molecule has 0 unspecified atom stereocenters. The zero-order chi connectivity index (χ0) is 14.9. The van der Waals surface area contributed by atoms with E-state index in [-0.39, 0.29) is 13.2 Å². The predicted molar refractivity (Wildman–Crippen MR) is 70.8 cm³/mol. The highest BCUT2D eigenvalue weighted by Crippen LogP contribution is 2.05. The molecule has 0 spiro atoms. The Morgan fingerprint density at radius 3 is 2.32 bits per heavy atom. The predicted octanol–water partition coefficient (Wildman–Crippen LogP) is 1.65. The van der Waals surface area contributed by atoms with Gasteiger partial charge in [-0.25, -0.2) is 9.59 Å². The summed E-state index contributed by atoms with van der Waals surface area (Å²) in [7, 11) is 0. The molecule has 0 aliphatic rings. The van der Waals surface area contributed by atoms with E-state index in [0.717, 1.165) is 0 Å². The molecule has 0 heterocycles. The monoisotopic (exact) mass is 273 g/mol. The summed E-state index contributed by atoms with van der Waals surface area (Å²) in [5.74, 6) is -0.435. The van der Waals surface area contributed by atoms with Gasteiger partial charge in [-0.3, -0.25) is 0 Å². The Labute approximate surface area is 114 Å². The fraction of sp³-hybridized carbons (Fsp3) is 0.692. The lowest BCUT2D eigenvalue weighted by atomic mass is 10.2. The summed E-state index contributed by atoms with van der Waals surface area (Å²) in [5.41, 5.74) is -0.159. The van der Waals surface area contributed by atoms with Gasteiger partial charge in [0, 0.05) is 12.1 Å². The number of hydrogen-bond donors (Lipinski definition) is 1. The van der Waals surface area contributed by atoms with Crippen LogP contribution in [0.4, 0.5) is 4.79 Å². The lowest BCUT2D eigenvalue weighted by molar-refractivity contribution is -0.140.